The molecule has 0 aromatic carbocycles. The zero-order chi connectivity index (χ0) is 15.2. The molecule has 1 unspecified atom stereocenters. The Morgan fingerprint density at radius 3 is 2.30 bits per heavy atom. The predicted octanol–water partition coefficient (Wildman–Crippen LogP) is 2.99. The van der Waals surface area contributed by atoms with Crippen LogP contribution in [0.2, 0.25) is 0 Å². The van der Waals surface area contributed by atoms with E-state index in [1.54, 1.807) is 0 Å². The van der Waals surface area contributed by atoms with E-state index in [-0.39, 0.29) is 5.92 Å². The number of nitrogens with one attached hydrogen (secondary N) is 2. The minimum atomic E-state index is -0.712. The van der Waals surface area contributed by atoms with Gasteiger partial charge in [0.1, 0.15) is 17.5 Å². The van der Waals surface area contributed by atoms with Gasteiger partial charge in [0.2, 0.25) is 0 Å². The third-order valence-corrected chi connectivity index (χ3v) is 3.06. The fourth-order valence-electron chi connectivity index (χ4n) is 1.99. The number of rotatable bonds is 8. The van der Waals surface area contributed by atoms with Crippen LogP contribution >= 0.6 is 0 Å². The van der Waals surface area contributed by atoms with E-state index >= 15 is 0 Å². The molecule has 0 saturated carbocycles. The lowest BCUT2D eigenvalue weighted by molar-refractivity contribution is 0.0636. The molecule has 1 heterocycles. The van der Waals surface area contributed by atoms with Gasteiger partial charge in [0, 0.05) is 25.1 Å². The van der Waals surface area contributed by atoms with Crippen LogP contribution in [0.4, 0.5) is 11.6 Å². The van der Waals surface area contributed by atoms with E-state index in [0.29, 0.717) is 6.54 Å². The average molecular weight is 280 g/mol. The molecule has 114 valence electrons. The second-order valence-electron chi connectivity index (χ2n) is 5.78. The Morgan fingerprint density at radius 1 is 1.20 bits per heavy atom. The number of hydrogen-bond donors (Lipinski definition) is 3. The molecule has 1 atom stereocenters. The SMILES string of the molecule is CCCC(C)(O)CNc1cc(NCC)nc(C(C)C)n1. The summed E-state index contributed by atoms with van der Waals surface area (Å²) in [5, 5.41) is 16.6. The van der Waals surface area contributed by atoms with Crippen molar-refractivity contribution in [1.29, 1.82) is 0 Å². The van der Waals surface area contributed by atoms with Gasteiger partial charge >= 0.3 is 0 Å². The van der Waals surface area contributed by atoms with Crippen LogP contribution < -0.4 is 10.6 Å². The Morgan fingerprint density at radius 2 is 1.80 bits per heavy atom. The topological polar surface area (TPSA) is 70.1 Å². The Kier molecular flexibility index (Phi) is 6.20. The summed E-state index contributed by atoms with van der Waals surface area (Å²) in [6.45, 7) is 11.4. The van der Waals surface area contributed by atoms with Crippen molar-refractivity contribution in [3.05, 3.63) is 11.9 Å². The molecule has 5 nitrogen and oxygen atoms in total. The monoisotopic (exact) mass is 280 g/mol. The highest BCUT2D eigenvalue weighted by Gasteiger charge is 2.19. The molecule has 0 aliphatic carbocycles. The minimum Gasteiger partial charge on any atom is -0.388 e. The molecule has 1 aromatic heterocycles. The van der Waals surface area contributed by atoms with Crippen molar-refractivity contribution >= 4 is 11.6 Å². The first-order valence-corrected chi connectivity index (χ1v) is 7.47. The second kappa shape index (κ2) is 7.43. The van der Waals surface area contributed by atoms with Crippen molar-refractivity contribution in [2.45, 2.75) is 59.0 Å². The van der Waals surface area contributed by atoms with Crippen LogP contribution in [-0.2, 0) is 0 Å². The van der Waals surface area contributed by atoms with E-state index in [4.69, 9.17) is 0 Å². The Bertz CT molecular complexity index is 418. The lowest BCUT2D eigenvalue weighted by atomic mass is 10.0. The summed E-state index contributed by atoms with van der Waals surface area (Å²) in [5.74, 6) is 2.66. The fourth-order valence-corrected chi connectivity index (χ4v) is 1.99. The van der Waals surface area contributed by atoms with Gasteiger partial charge in [-0.15, -0.1) is 0 Å². The predicted molar refractivity (Wildman–Crippen MR) is 84.3 cm³/mol. The number of anilines is 2. The highest BCUT2D eigenvalue weighted by Crippen LogP contribution is 2.18. The molecule has 0 spiro atoms. The summed E-state index contributed by atoms with van der Waals surface area (Å²) < 4.78 is 0. The summed E-state index contributed by atoms with van der Waals surface area (Å²) >= 11 is 0. The van der Waals surface area contributed by atoms with Crippen LogP contribution in [0.3, 0.4) is 0 Å². The van der Waals surface area contributed by atoms with Gasteiger partial charge < -0.3 is 15.7 Å². The molecule has 3 N–H and O–H groups in total. The van der Waals surface area contributed by atoms with Gasteiger partial charge in [-0.1, -0.05) is 27.2 Å². The van der Waals surface area contributed by atoms with Gasteiger partial charge in [0.25, 0.3) is 0 Å². The lowest BCUT2D eigenvalue weighted by Gasteiger charge is -2.23. The lowest BCUT2D eigenvalue weighted by Crippen LogP contribution is -2.33. The van der Waals surface area contributed by atoms with E-state index in [9.17, 15) is 5.11 Å². The summed E-state index contributed by atoms with van der Waals surface area (Å²) in [5.41, 5.74) is -0.712. The van der Waals surface area contributed by atoms with E-state index < -0.39 is 5.60 Å². The van der Waals surface area contributed by atoms with Gasteiger partial charge in [-0.2, -0.15) is 0 Å². The van der Waals surface area contributed by atoms with E-state index in [1.807, 2.05) is 19.9 Å². The van der Waals surface area contributed by atoms with Crippen LogP contribution in [0.25, 0.3) is 0 Å². The van der Waals surface area contributed by atoms with Crippen LogP contribution in [0, 0.1) is 0 Å². The summed E-state index contributed by atoms with van der Waals surface area (Å²) in [6.07, 6.45) is 1.72. The molecule has 20 heavy (non-hydrogen) atoms. The number of aliphatic hydroxyl groups is 1. The molecule has 1 rings (SSSR count). The van der Waals surface area contributed by atoms with Crippen LogP contribution in [0.15, 0.2) is 6.07 Å². The van der Waals surface area contributed by atoms with E-state index in [2.05, 4.69) is 41.4 Å². The number of nitrogens with zero attached hydrogens (tertiary/aromatic N) is 2. The highest BCUT2D eigenvalue weighted by atomic mass is 16.3. The maximum absolute atomic E-state index is 10.2. The van der Waals surface area contributed by atoms with Crippen molar-refractivity contribution in [3.63, 3.8) is 0 Å². The zero-order valence-electron chi connectivity index (χ0n) is 13.3. The number of hydrogen-bond acceptors (Lipinski definition) is 5. The maximum Gasteiger partial charge on any atom is 0.135 e. The molecule has 0 radical (unpaired) electrons. The molecule has 0 amide bonds. The molecule has 5 heteroatoms. The molecule has 0 fully saturated rings. The summed E-state index contributed by atoms with van der Waals surface area (Å²) in [4.78, 5) is 8.98. The minimum absolute atomic E-state index is 0.269. The van der Waals surface area contributed by atoms with Gasteiger partial charge in [-0.05, 0) is 20.3 Å². The second-order valence-corrected chi connectivity index (χ2v) is 5.78. The van der Waals surface area contributed by atoms with Crippen molar-refractivity contribution in [1.82, 2.24) is 9.97 Å². The Labute approximate surface area is 122 Å². The molecule has 1 aromatic rings. The first-order valence-electron chi connectivity index (χ1n) is 7.47. The quantitative estimate of drug-likeness (QED) is 0.683. The molecular weight excluding hydrogens is 252 g/mol. The summed E-state index contributed by atoms with van der Waals surface area (Å²) in [6, 6.07) is 1.89. The Hall–Kier alpha value is -1.36. The normalized spacial score (nSPS) is 14.2. The van der Waals surface area contributed by atoms with Crippen LogP contribution in [-0.4, -0.2) is 33.8 Å². The van der Waals surface area contributed by atoms with Gasteiger partial charge in [-0.25, -0.2) is 9.97 Å². The standard InChI is InChI=1S/C15H28N4O/c1-6-8-15(5,20)10-17-13-9-12(16-7-2)18-14(19-13)11(3)4/h9,11,20H,6-8,10H2,1-5H3,(H2,16,17,18,19). The molecule has 0 aliphatic rings. The smallest absolute Gasteiger partial charge is 0.135 e. The van der Waals surface area contributed by atoms with Crippen LogP contribution in [0.5, 0.6) is 0 Å². The summed E-state index contributed by atoms with van der Waals surface area (Å²) in [7, 11) is 0. The maximum atomic E-state index is 10.2. The first-order chi connectivity index (χ1) is 9.38. The molecule has 0 saturated heterocycles. The fraction of sp³-hybridized carbons (Fsp3) is 0.733. The third-order valence-electron chi connectivity index (χ3n) is 3.06. The average Bonchev–Trinajstić information content (AvgIpc) is 2.36. The zero-order valence-corrected chi connectivity index (χ0v) is 13.3. The van der Waals surface area contributed by atoms with E-state index in [1.165, 1.54) is 0 Å². The third kappa shape index (κ3) is 5.33. The molecular formula is C15H28N4O. The Balaban J connectivity index is 2.83. The largest absolute Gasteiger partial charge is 0.388 e. The van der Waals surface area contributed by atoms with Gasteiger partial charge in [-0.3, -0.25) is 0 Å². The van der Waals surface area contributed by atoms with E-state index in [0.717, 1.165) is 36.8 Å². The molecule has 0 bridgehead atoms. The van der Waals surface area contributed by atoms with Crippen molar-refractivity contribution in [2.24, 2.45) is 0 Å². The van der Waals surface area contributed by atoms with Crippen molar-refractivity contribution in [3.8, 4) is 0 Å². The van der Waals surface area contributed by atoms with Crippen molar-refractivity contribution in [2.75, 3.05) is 23.7 Å². The van der Waals surface area contributed by atoms with Gasteiger partial charge in [0.15, 0.2) is 0 Å². The first kappa shape index (κ1) is 16.7. The van der Waals surface area contributed by atoms with Crippen LogP contribution in [0.1, 0.15) is 59.2 Å². The van der Waals surface area contributed by atoms with Crippen molar-refractivity contribution < 1.29 is 5.11 Å². The van der Waals surface area contributed by atoms with Gasteiger partial charge in [0.05, 0.1) is 5.60 Å². The molecule has 0 aliphatic heterocycles. The number of aromatic nitrogens is 2. The highest BCUT2D eigenvalue weighted by molar-refractivity contribution is 5.48.